The van der Waals surface area contributed by atoms with Crippen molar-refractivity contribution >= 4 is 17.5 Å². The van der Waals surface area contributed by atoms with Gasteiger partial charge in [0.05, 0.1) is 22.9 Å². The lowest BCUT2D eigenvalue weighted by atomic mass is 10.0. The molecule has 0 aliphatic rings. The fraction of sp³-hybridized carbons (Fsp3) is 0.261. The smallest absolute Gasteiger partial charge is 0.350 e. The van der Waals surface area contributed by atoms with E-state index in [0.29, 0.717) is 17.2 Å². The number of rotatable bonds is 5. The number of nitrogens with zero attached hydrogens (tertiary/aromatic N) is 4. The quantitative estimate of drug-likeness (QED) is 0.581. The fourth-order valence-electron chi connectivity index (χ4n) is 3.26. The van der Waals surface area contributed by atoms with Gasteiger partial charge in [0, 0.05) is 18.3 Å². The van der Waals surface area contributed by atoms with Crippen LogP contribution in [0.4, 0.5) is 18.9 Å². The average molecular weight is 470 g/mol. The summed E-state index contributed by atoms with van der Waals surface area (Å²) in [4.78, 5) is 30.0. The van der Waals surface area contributed by atoms with Crippen molar-refractivity contribution in [2.75, 3.05) is 5.32 Å². The van der Waals surface area contributed by atoms with Gasteiger partial charge in [0.15, 0.2) is 11.5 Å². The van der Waals surface area contributed by atoms with E-state index in [2.05, 4.69) is 20.7 Å². The summed E-state index contributed by atoms with van der Waals surface area (Å²) in [5.74, 6) is -1.42. The number of aryl methyl sites for hydroxylation is 2. The van der Waals surface area contributed by atoms with Crippen LogP contribution >= 0.6 is 0 Å². The van der Waals surface area contributed by atoms with E-state index in [-0.39, 0.29) is 28.7 Å². The number of hydrogen-bond acceptors (Lipinski definition) is 5. The van der Waals surface area contributed by atoms with Gasteiger partial charge in [-0.05, 0) is 57.0 Å². The molecule has 0 atom stereocenters. The second kappa shape index (κ2) is 9.35. The molecule has 0 aliphatic heterocycles. The average Bonchev–Trinajstić information content (AvgIpc) is 3.20. The molecule has 2 heterocycles. The van der Waals surface area contributed by atoms with Crippen LogP contribution in [-0.4, -0.2) is 32.6 Å². The Bertz CT molecular complexity index is 1310. The highest BCUT2D eigenvalue weighted by atomic mass is 19.4. The molecule has 11 heteroatoms. The lowest BCUT2D eigenvalue weighted by molar-refractivity contribution is -0.141. The van der Waals surface area contributed by atoms with Crippen LogP contribution in [0.15, 0.2) is 36.5 Å². The Labute approximate surface area is 193 Å². The number of aromatic nitrogens is 3. The molecule has 3 aromatic rings. The molecule has 2 N–H and O–H groups in total. The normalized spacial score (nSPS) is 11.3. The zero-order chi connectivity index (χ0) is 25.2. The number of halogens is 3. The van der Waals surface area contributed by atoms with Crippen molar-refractivity contribution in [1.29, 1.82) is 5.26 Å². The third-order valence-corrected chi connectivity index (χ3v) is 4.78. The first-order valence-corrected chi connectivity index (χ1v) is 10.2. The molecule has 8 nitrogen and oxygen atoms in total. The third-order valence-electron chi connectivity index (χ3n) is 4.78. The van der Waals surface area contributed by atoms with Crippen LogP contribution in [0.1, 0.15) is 57.1 Å². The number of carbonyl (C=O) groups is 2. The van der Waals surface area contributed by atoms with E-state index in [4.69, 9.17) is 0 Å². The summed E-state index contributed by atoms with van der Waals surface area (Å²) in [5, 5.41) is 18.1. The van der Waals surface area contributed by atoms with Crippen LogP contribution in [0.5, 0.6) is 0 Å². The lowest BCUT2D eigenvalue weighted by Gasteiger charge is -2.16. The van der Waals surface area contributed by atoms with Gasteiger partial charge in [-0.1, -0.05) is 6.07 Å². The van der Waals surface area contributed by atoms with E-state index in [9.17, 15) is 28.0 Å². The van der Waals surface area contributed by atoms with Crippen molar-refractivity contribution in [2.45, 2.75) is 39.9 Å². The monoisotopic (exact) mass is 470 g/mol. The molecule has 0 aliphatic carbocycles. The molecule has 0 saturated heterocycles. The number of benzene rings is 1. The zero-order valence-corrected chi connectivity index (χ0v) is 18.8. The van der Waals surface area contributed by atoms with Gasteiger partial charge in [-0.3, -0.25) is 9.59 Å². The highest BCUT2D eigenvalue weighted by molar-refractivity contribution is 6.09. The van der Waals surface area contributed by atoms with Crippen molar-refractivity contribution in [3.63, 3.8) is 0 Å². The summed E-state index contributed by atoms with van der Waals surface area (Å²) in [6.45, 7) is 6.68. The van der Waals surface area contributed by atoms with Gasteiger partial charge in [0.1, 0.15) is 5.69 Å². The van der Waals surface area contributed by atoms with E-state index >= 15 is 0 Å². The van der Waals surface area contributed by atoms with Crippen molar-refractivity contribution < 1.29 is 22.8 Å². The summed E-state index contributed by atoms with van der Waals surface area (Å²) in [5.41, 5.74) is -0.531. The fourth-order valence-corrected chi connectivity index (χ4v) is 3.26. The number of carbonyl (C=O) groups excluding carboxylic acids is 2. The minimum absolute atomic E-state index is 0.00901. The maximum atomic E-state index is 13.4. The number of alkyl halides is 3. The second-order valence-electron chi connectivity index (χ2n) is 7.88. The molecule has 0 radical (unpaired) electrons. The first kappa shape index (κ1) is 24.4. The first-order valence-electron chi connectivity index (χ1n) is 10.2. The van der Waals surface area contributed by atoms with Crippen LogP contribution < -0.4 is 10.6 Å². The summed E-state index contributed by atoms with van der Waals surface area (Å²) >= 11 is 0. The maximum Gasteiger partial charge on any atom is 0.435 e. The van der Waals surface area contributed by atoms with Crippen molar-refractivity contribution in [2.24, 2.45) is 0 Å². The van der Waals surface area contributed by atoms with Gasteiger partial charge in [0.25, 0.3) is 11.8 Å². The summed E-state index contributed by atoms with van der Waals surface area (Å²) in [6, 6.07) is 8.33. The van der Waals surface area contributed by atoms with Crippen LogP contribution in [0.25, 0.3) is 5.82 Å². The standard InChI is InChI=1S/C23H21F3N6O2/c1-12(2)29-21(33)16-9-15(11-27)8-14(4)19(16)30-22(34)17-10-18(23(24,25)26)31-32(17)20-13(3)6-5-7-28-20/h5-10,12H,1-4H3,(H,29,33)(H,30,34). The van der Waals surface area contributed by atoms with Gasteiger partial charge in [-0.15, -0.1) is 0 Å². The molecule has 1 aromatic carbocycles. The number of anilines is 1. The molecule has 0 fully saturated rings. The Morgan fingerprint density at radius 1 is 1.12 bits per heavy atom. The number of pyridine rings is 1. The summed E-state index contributed by atoms with van der Waals surface area (Å²) < 4.78 is 41.1. The largest absolute Gasteiger partial charge is 0.435 e. The third kappa shape index (κ3) is 5.06. The molecule has 2 aromatic heterocycles. The van der Waals surface area contributed by atoms with Gasteiger partial charge in [0.2, 0.25) is 0 Å². The van der Waals surface area contributed by atoms with E-state index in [1.807, 2.05) is 6.07 Å². The predicted molar refractivity (Wildman–Crippen MR) is 118 cm³/mol. The Hall–Kier alpha value is -4.20. The molecular formula is C23H21F3N6O2. The molecule has 0 unspecified atom stereocenters. The number of nitrogens with one attached hydrogen (secondary N) is 2. The van der Waals surface area contributed by atoms with E-state index in [1.165, 1.54) is 18.3 Å². The molecule has 3 rings (SSSR count). The summed E-state index contributed by atoms with van der Waals surface area (Å²) in [7, 11) is 0. The first-order chi connectivity index (χ1) is 15.9. The van der Waals surface area contributed by atoms with Crippen LogP contribution in [0.2, 0.25) is 0 Å². The van der Waals surface area contributed by atoms with E-state index < -0.39 is 29.4 Å². The topological polar surface area (TPSA) is 113 Å². The Morgan fingerprint density at radius 3 is 2.41 bits per heavy atom. The Balaban J connectivity index is 2.12. The number of nitriles is 1. The van der Waals surface area contributed by atoms with Crippen LogP contribution in [-0.2, 0) is 6.18 Å². The van der Waals surface area contributed by atoms with Crippen LogP contribution in [0, 0.1) is 25.2 Å². The Morgan fingerprint density at radius 2 is 1.82 bits per heavy atom. The van der Waals surface area contributed by atoms with Gasteiger partial charge in [-0.2, -0.15) is 23.5 Å². The predicted octanol–water partition coefficient (Wildman–Crippen LogP) is 4.17. The molecule has 2 amide bonds. The Kier molecular flexibility index (Phi) is 6.72. The number of hydrogen-bond donors (Lipinski definition) is 2. The van der Waals surface area contributed by atoms with E-state index in [1.54, 1.807) is 39.8 Å². The second-order valence-corrected chi connectivity index (χ2v) is 7.88. The molecule has 0 saturated carbocycles. The summed E-state index contributed by atoms with van der Waals surface area (Å²) in [6.07, 6.45) is -3.42. The lowest BCUT2D eigenvalue weighted by Crippen LogP contribution is -2.31. The van der Waals surface area contributed by atoms with Gasteiger partial charge in [-0.25, -0.2) is 9.67 Å². The molecule has 0 bridgehead atoms. The van der Waals surface area contributed by atoms with Crippen molar-refractivity contribution in [3.8, 4) is 11.9 Å². The minimum atomic E-state index is -4.80. The SMILES string of the molecule is Cc1cccnc1-n1nc(C(F)(F)F)cc1C(=O)Nc1c(C)cc(C#N)cc1C(=O)NC(C)C. The van der Waals surface area contributed by atoms with Gasteiger partial charge >= 0.3 is 6.18 Å². The molecule has 176 valence electrons. The van der Waals surface area contributed by atoms with Crippen molar-refractivity contribution in [3.05, 3.63) is 70.2 Å². The minimum Gasteiger partial charge on any atom is -0.350 e. The zero-order valence-electron chi connectivity index (χ0n) is 18.8. The molecule has 0 spiro atoms. The number of amides is 2. The van der Waals surface area contributed by atoms with E-state index in [0.717, 1.165) is 4.68 Å². The maximum absolute atomic E-state index is 13.4. The highest BCUT2D eigenvalue weighted by Gasteiger charge is 2.36. The van der Waals surface area contributed by atoms with Crippen molar-refractivity contribution in [1.82, 2.24) is 20.1 Å². The van der Waals surface area contributed by atoms with Crippen LogP contribution in [0.3, 0.4) is 0 Å². The molecular weight excluding hydrogens is 449 g/mol. The highest BCUT2D eigenvalue weighted by Crippen LogP contribution is 2.31. The molecule has 34 heavy (non-hydrogen) atoms. The van der Waals surface area contributed by atoms with Gasteiger partial charge < -0.3 is 10.6 Å².